The first kappa shape index (κ1) is 30.3. The highest BCUT2D eigenvalue weighted by atomic mass is 16.5. The van der Waals surface area contributed by atoms with Gasteiger partial charge in [-0.15, -0.1) is 0 Å². The van der Waals surface area contributed by atoms with E-state index in [9.17, 15) is 0 Å². The van der Waals surface area contributed by atoms with Gasteiger partial charge in [-0.1, -0.05) is 141 Å². The topological polar surface area (TPSA) is 18.5 Å². The molecule has 0 saturated heterocycles. The van der Waals surface area contributed by atoms with Gasteiger partial charge in [0.2, 0.25) is 0 Å². The van der Waals surface area contributed by atoms with Crippen molar-refractivity contribution >= 4 is 0 Å². The Balaban J connectivity index is 1.53. The molecule has 0 aliphatic rings. The van der Waals surface area contributed by atoms with Gasteiger partial charge in [-0.25, -0.2) is 0 Å². The lowest BCUT2D eigenvalue weighted by molar-refractivity contribution is 0.304. The van der Waals surface area contributed by atoms with Crippen LogP contribution in [0.5, 0.6) is 11.5 Å². The number of hydrogen-bond donors (Lipinski definition) is 0. The van der Waals surface area contributed by atoms with E-state index >= 15 is 0 Å². The summed E-state index contributed by atoms with van der Waals surface area (Å²) in [6, 6.07) is 17.0. The smallest absolute Gasteiger partial charge is 0.119 e. The monoisotopic (exact) mass is 494 g/mol. The average Bonchev–Trinajstić information content (AvgIpc) is 2.91. The van der Waals surface area contributed by atoms with E-state index in [1.807, 2.05) is 0 Å². The van der Waals surface area contributed by atoms with Crippen molar-refractivity contribution in [3.63, 3.8) is 0 Å². The molecule has 2 nitrogen and oxygen atoms in total. The van der Waals surface area contributed by atoms with E-state index in [0.717, 1.165) is 37.6 Å². The molecule has 36 heavy (non-hydrogen) atoms. The number of ether oxygens (including phenoxy) is 2. The van der Waals surface area contributed by atoms with Crippen molar-refractivity contribution in [3.8, 4) is 22.6 Å². The molecule has 202 valence electrons. The van der Waals surface area contributed by atoms with Crippen LogP contribution in [0.4, 0.5) is 0 Å². The highest BCUT2D eigenvalue weighted by molar-refractivity contribution is 5.64. The zero-order chi connectivity index (χ0) is 25.5. The lowest BCUT2D eigenvalue weighted by Gasteiger charge is -2.09. The molecule has 0 atom stereocenters. The maximum Gasteiger partial charge on any atom is 0.119 e. The molecule has 2 aromatic rings. The minimum absolute atomic E-state index is 0.819. The summed E-state index contributed by atoms with van der Waals surface area (Å²) in [6.45, 7) is 6.19. The van der Waals surface area contributed by atoms with Crippen LogP contribution in [0.2, 0.25) is 0 Å². The number of rotatable bonds is 23. The van der Waals surface area contributed by atoms with Gasteiger partial charge in [0.05, 0.1) is 13.2 Å². The molecule has 2 heteroatoms. The highest BCUT2D eigenvalue weighted by Gasteiger charge is 2.01. The van der Waals surface area contributed by atoms with Crippen molar-refractivity contribution < 1.29 is 9.47 Å². The van der Waals surface area contributed by atoms with Gasteiger partial charge in [-0.05, 0) is 48.2 Å². The molecular weight excluding hydrogens is 440 g/mol. The lowest BCUT2D eigenvalue weighted by atomic mass is 10.1. The maximum absolute atomic E-state index is 5.96. The van der Waals surface area contributed by atoms with E-state index in [0.29, 0.717) is 0 Å². The van der Waals surface area contributed by atoms with E-state index in [1.165, 1.54) is 114 Å². The van der Waals surface area contributed by atoms with Crippen molar-refractivity contribution in [1.82, 2.24) is 0 Å². The second-order valence-electron chi connectivity index (χ2n) is 10.4. The molecule has 0 aliphatic carbocycles. The molecule has 0 amide bonds. The van der Waals surface area contributed by atoms with E-state index in [4.69, 9.17) is 9.47 Å². The summed E-state index contributed by atoms with van der Waals surface area (Å²) >= 11 is 0. The Kier molecular flexibility index (Phi) is 17.8. The van der Waals surface area contributed by atoms with Crippen molar-refractivity contribution in [2.24, 2.45) is 0 Å². The molecule has 0 fully saturated rings. The Morgan fingerprint density at radius 2 is 0.639 bits per heavy atom. The molecule has 0 unspecified atom stereocenters. The first-order valence-electron chi connectivity index (χ1n) is 15.3. The van der Waals surface area contributed by atoms with Crippen LogP contribution < -0.4 is 9.47 Å². The van der Waals surface area contributed by atoms with E-state index < -0.39 is 0 Å². The molecule has 0 aromatic heterocycles. The molecule has 0 saturated carbocycles. The fourth-order valence-corrected chi connectivity index (χ4v) is 4.69. The molecular formula is C34H54O2. The van der Waals surface area contributed by atoms with E-state index in [-0.39, 0.29) is 0 Å². The Morgan fingerprint density at radius 3 is 0.944 bits per heavy atom. The van der Waals surface area contributed by atoms with Crippen molar-refractivity contribution in [1.29, 1.82) is 0 Å². The zero-order valence-corrected chi connectivity index (χ0v) is 23.6. The molecule has 0 N–H and O–H groups in total. The van der Waals surface area contributed by atoms with Crippen molar-refractivity contribution in [2.75, 3.05) is 13.2 Å². The van der Waals surface area contributed by atoms with Crippen LogP contribution in [0.3, 0.4) is 0 Å². The van der Waals surface area contributed by atoms with Gasteiger partial charge < -0.3 is 9.47 Å². The van der Waals surface area contributed by atoms with Gasteiger partial charge in [-0.3, -0.25) is 0 Å². The predicted molar refractivity (Wildman–Crippen MR) is 157 cm³/mol. The second-order valence-corrected chi connectivity index (χ2v) is 10.4. The predicted octanol–water partition coefficient (Wildman–Crippen LogP) is 11.2. The van der Waals surface area contributed by atoms with Crippen LogP contribution in [-0.2, 0) is 0 Å². The van der Waals surface area contributed by atoms with Crippen LogP contribution in [-0.4, -0.2) is 13.2 Å². The van der Waals surface area contributed by atoms with Gasteiger partial charge >= 0.3 is 0 Å². The molecule has 0 spiro atoms. The highest BCUT2D eigenvalue weighted by Crippen LogP contribution is 2.25. The zero-order valence-electron chi connectivity index (χ0n) is 23.6. The normalized spacial score (nSPS) is 11.1. The largest absolute Gasteiger partial charge is 0.494 e. The maximum atomic E-state index is 5.96. The fourth-order valence-electron chi connectivity index (χ4n) is 4.69. The summed E-state index contributed by atoms with van der Waals surface area (Å²) in [6.07, 6.45) is 24.2. The summed E-state index contributed by atoms with van der Waals surface area (Å²) in [5.74, 6) is 1.94. The third kappa shape index (κ3) is 14.6. The Bertz CT molecular complexity index is 735. The molecule has 2 rings (SSSR count). The Morgan fingerprint density at radius 1 is 0.361 bits per heavy atom. The summed E-state index contributed by atoms with van der Waals surface area (Å²) < 4.78 is 11.9. The van der Waals surface area contributed by atoms with Crippen molar-refractivity contribution in [2.45, 2.75) is 129 Å². The van der Waals surface area contributed by atoms with Gasteiger partial charge in [-0.2, -0.15) is 0 Å². The summed E-state index contributed by atoms with van der Waals surface area (Å²) in [5.41, 5.74) is 2.44. The number of hydrogen-bond acceptors (Lipinski definition) is 2. The average molecular weight is 495 g/mol. The standard InChI is InChI=1S/C34H54O2/c1-3-5-7-9-11-13-14-16-18-20-30-36-34-27-23-32(24-28-34)31-21-25-33(26-22-31)35-29-19-17-15-12-10-8-6-4-2/h21-28H,3-20,29-30H2,1-2H3. The van der Waals surface area contributed by atoms with Gasteiger partial charge in [0.15, 0.2) is 0 Å². The Labute approximate surface area is 223 Å². The summed E-state index contributed by atoms with van der Waals surface area (Å²) in [4.78, 5) is 0. The minimum atomic E-state index is 0.819. The SMILES string of the molecule is CCCCCCCCCCCCOc1ccc(-c2ccc(OCCCCCCCCCC)cc2)cc1. The second kappa shape index (κ2) is 21.2. The molecule has 0 bridgehead atoms. The summed E-state index contributed by atoms with van der Waals surface area (Å²) in [7, 11) is 0. The molecule has 0 radical (unpaired) electrons. The molecule has 0 aliphatic heterocycles. The molecule has 2 aromatic carbocycles. The lowest BCUT2D eigenvalue weighted by Crippen LogP contribution is -1.97. The Hall–Kier alpha value is -1.96. The van der Waals surface area contributed by atoms with Gasteiger partial charge in [0, 0.05) is 0 Å². The first-order valence-corrected chi connectivity index (χ1v) is 15.3. The van der Waals surface area contributed by atoms with Crippen LogP contribution in [0, 0.1) is 0 Å². The molecule has 0 heterocycles. The summed E-state index contributed by atoms with van der Waals surface area (Å²) in [5, 5.41) is 0. The number of unbranched alkanes of at least 4 members (excludes halogenated alkanes) is 16. The minimum Gasteiger partial charge on any atom is -0.494 e. The fraction of sp³-hybridized carbons (Fsp3) is 0.647. The third-order valence-corrected chi connectivity index (χ3v) is 7.08. The van der Waals surface area contributed by atoms with E-state index in [2.05, 4.69) is 62.4 Å². The van der Waals surface area contributed by atoms with Crippen LogP contribution in [0.15, 0.2) is 48.5 Å². The first-order chi connectivity index (χ1) is 17.8. The van der Waals surface area contributed by atoms with Crippen molar-refractivity contribution in [3.05, 3.63) is 48.5 Å². The third-order valence-electron chi connectivity index (χ3n) is 7.08. The van der Waals surface area contributed by atoms with Crippen LogP contribution >= 0.6 is 0 Å². The van der Waals surface area contributed by atoms with E-state index in [1.54, 1.807) is 0 Å². The number of benzene rings is 2. The quantitative estimate of drug-likeness (QED) is 0.143. The van der Waals surface area contributed by atoms with Crippen LogP contribution in [0.25, 0.3) is 11.1 Å². The van der Waals surface area contributed by atoms with Gasteiger partial charge in [0.1, 0.15) is 11.5 Å². The van der Waals surface area contributed by atoms with Crippen LogP contribution in [0.1, 0.15) is 129 Å². The van der Waals surface area contributed by atoms with Gasteiger partial charge in [0.25, 0.3) is 0 Å².